The van der Waals surface area contributed by atoms with Gasteiger partial charge in [0.25, 0.3) is 0 Å². The maximum Gasteiger partial charge on any atom is 0.319 e. The average Bonchev–Trinajstić information content (AvgIpc) is 2.61. The Morgan fingerprint density at radius 3 is 2.80 bits per heavy atom. The number of fused-ring (bicyclic) bond motifs is 2. The van der Waals surface area contributed by atoms with Crippen molar-refractivity contribution in [1.29, 1.82) is 0 Å². The standard InChI is InChI=1S/C16H20N2O2/c1-20-15-10-11-6-2-4-8-13(11)18(16(17)19)14-9-5-3-7-12(14)15/h3,5,7,9-11,13H,2,4,6,8H2,1H3,(H2,17,19). The number of hydrogen-bond donors (Lipinski definition) is 1. The van der Waals surface area contributed by atoms with Crippen LogP contribution in [0.3, 0.4) is 0 Å². The molecule has 4 heteroatoms. The molecule has 2 atom stereocenters. The fourth-order valence-electron chi connectivity index (χ4n) is 3.47. The van der Waals surface area contributed by atoms with Crippen molar-refractivity contribution < 1.29 is 9.53 Å². The van der Waals surface area contributed by atoms with Gasteiger partial charge >= 0.3 is 6.03 Å². The van der Waals surface area contributed by atoms with Gasteiger partial charge in [0.2, 0.25) is 0 Å². The molecule has 0 aromatic heterocycles. The minimum atomic E-state index is -0.375. The Balaban J connectivity index is 2.16. The van der Waals surface area contributed by atoms with E-state index in [1.54, 1.807) is 12.0 Å². The summed E-state index contributed by atoms with van der Waals surface area (Å²) in [6.07, 6.45) is 6.58. The fraction of sp³-hybridized carbons (Fsp3) is 0.438. The van der Waals surface area contributed by atoms with Gasteiger partial charge in [0.15, 0.2) is 0 Å². The number of benzene rings is 1. The second-order valence-corrected chi connectivity index (χ2v) is 5.48. The minimum Gasteiger partial charge on any atom is -0.496 e. The highest BCUT2D eigenvalue weighted by Crippen LogP contribution is 2.40. The van der Waals surface area contributed by atoms with Crippen LogP contribution in [0.25, 0.3) is 5.76 Å². The van der Waals surface area contributed by atoms with Crippen molar-refractivity contribution in [3.8, 4) is 0 Å². The fourth-order valence-corrected chi connectivity index (χ4v) is 3.47. The molecule has 2 unspecified atom stereocenters. The summed E-state index contributed by atoms with van der Waals surface area (Å²) in [5.41, 5.74) is 7.48. The van der Waals surface area contributed by atoms with Crippen LogP contribution in [0.15, 0.2) is 30.3 Å². The van der Waals surface area contributed by atoms with Crippen LogP contribution in [0.4, 0.5) is 10.5 Å². The molecule has 1 saturated carbocycles. The van der Waals surface area contributed by atoms with E-state index in [9.17, 15) is 4.79 Å². The molecule has 1 fully saturated rings. The number of rotatable bonds is 1. The van der Waals surface area contributed by atoms with Crippen LogP contribution in [0.1, 0.15) is 31.2 Å². The van der Waals surface area contributed by atoms with Crippen molar-refractivity contribution in [1.82, 2.24) is 0 Å². The topological polar surface area (TPSA) is 55.6 Å². The van der Waals surface area contributed by atoms with Gasteiger partial charge in [-0.25, -0.2) is 4.79 Å². The minimum absolute atomic E-state index is 0.148. The summed E-state index contributed by atoms with van der Waals surface area (Å²) in [5, 5.41) is 0. The summed E-state index contributed by atoms with van der Waals surface area (Å²) in [6, 6.07) is 7.60. The summed E-state index contributed by atoms with van der Waals surface area (Å²) >= 11 is 0. The summed E-state index contributed by atoms with van der Waals surface area (Å²) in [7, 11) is 1.68. The van der Waals surface area contributed by atoms with E-state index < -0.39 is 0 Å². The molecule has 1 aromatic carbocycles. The lowest BCUT2D eigenvalue weighted by Gasteiger charge is -2.36. The molecule has 0 bridgehead atoms. The van der Waals surface area contributed by atoms with Gasteiger partial charge in [0.05, 0.1) is 12.8 Å². The molecule has 106 valence electrons. The third-order valence-electron chi connectivity index (χ3n) is 4.37. The average molecular weight is 272 g/mol. The number of methoxy groups -OCH3 is 1. The number of urea groups is 1. The first-order chi connectivity index (χ1) is 9.72. The van der Waals surface area contributed by atoms with E-state index in [1.807, 2.05) is 24.3 Å². The number of amides is 2. The molecule has 1 heterocycles. The number of ether oxygens (including phenoxy) is 1. The molecule has 2 N–H and O–H groups in total. The third-order valence-corrected chi connectivity index (χ3v) is 4.37. The number of para-hydroxylation sites is 1. The lowest BCUT2D eigenvalue weighted by Crippen LogP contribution is -2.48. The highest BCUT2D eigenvalue weighted by molar-refractivity contribution is 5.95. The maximum atomic E-state index is 12.0. The van der Waals surface area contributed by atoms with Crippen molar-refractivity contribution in [3.05, 3.63) is 35.9 Å². The predicted molar refractivity (Wildman–Crippen MR) is 79.2 cm³/mol. The van der Waals surface area contributed by atoms with E-state index in [-0.39, 0.29) is 12.1 Å². The van der Waals surface area contributed by atoms with E-state index in [2.05, 4.69) is 6.08 Å². The Morgan fingerprint density at radius 1 is 1.30 bits per heavy atom. The Morgan fingerprint density at radius 2 is 2.05 bits per heavy atom. The zero-order valence-corrected chi connectivity index (χ0v) is 11.7. The molecule has 4 nitrogen and oxygen atoms in total. The molecule has 20 heavy (non-hydrogen) atoms. The first-order valence-corrected chi connectivity index (χ1v) is 7.16. The van der Waals surface area contributed by atoms with Crippen LogP contribution in [0.2, 0.25) is 0 Å². The number of nitrogens with two attached hydrogens (primary N) is 1. The molecule has 1 aliphatic carbocycles. The second-order valence-electron chi connectivity index (χ2n) is 5.48. The summed E-state index contributed by atoms with van der Waals surface area (Å²) in [6.45, 7) is 0. The zero-order chi connectivity index (χ0) is 14.1. The van der Waals surface area contributed by atoms with Crippen molar-refractivity contribution in [2.75, 3.05) is 12.0 Å². The van der Waals surface area contributed by atoms with Gasteiger partial charge < -0.3 is 10.5 Å². The van der Waals surface area contributed by atoms with E-state index >= 15 is 0 Å². The van der Waals surface area contributed by atoms with Crippen LogP contribution < -0.4 is 10.6 Å². The number of hydrogen-bond acceptors (Lipinski definition) is 2. The first-order valence-electron chi connectivity index (χ1n) is 7.16. The highest BCUT2D eigenvalue weighted by atomic mass is 16.5. The molecule has 1 aliphatic heterocycles. The van der Waals surface area contributed by atoms with Gasteiger partial charge in [0, 0.05) is 17.5 Å². The molecular weight excluding hydrogens is 252 g/mol. The van der Waals surface area contributed by atoms with Crippen LogP contribution in [-0.2, 0) is 4.74 Å². The van der Waals surface area contributed by atoms with Gasteiger partial charge in [-0.15, -0.1) is 0 Å². The van der Waals surface area contributed by atoms with Gasteiger partial charge in [0.1, 0.15) is 5.76 Å². The lowest BCUT2D eigenvalue weighted by atomic mass is 9.83. The van der Waals surface area contributed by atoms with E-state index in [4.69, 9.17) is 10.5 Å². The van der Waals surface area contributed by atoms with Crippen molar-refractivity contribution in [2.24, 2.45) is 11.7 Å². The Hall–Kier alpha value is -1.97. The van der Waals surface area contributed by atoms with Crippen molar-refractivity contribution >= 4 is 17.5 Å². The Bertz CT molecular complexity index is 553. The van der Waals surface area contributed by atoms with Crippen LogP contribution in [-0.4, -0.2) is 19.2 Å². The number of carbonyl (C=O) groups excluding carboxylic acids is 1. The van der Waals surface area contributed by atoms with Crippen LogP contribution in [0, 0.1) is 5.92 Å². The molecule has 2 aliphatic rings. The van der Waals surface area contributed by atoms with Gasteiger partial charge in [-0.2, -0.15) is 0 Å². The quantitative estimate of drug-likeness (QED) is 0.854. The van der Waals surface area contributed by atoms with Crippen molar-refractivity contribution in [2.45, 2.75) is 31.7 Å². The number of carbonyl (C=O) groups is 1. The monoisotopic (exact) mass is 272 g/mol. The Labute approximate surface area is 119 Å². The van der Waals surface area contributed by atoms with Gasteiger partial charge in [-0.3, -0.25) is 4.90 Å². The van der Waals surface area contributed by atoms with E-state index in [1.165, 1.54) is 6.42 Å². The summed E-state index contributed by atoms with van der Waals surface area (Å²) in [5.74, 6) is 1.17. The smallest absolute Gasteiger partial charge is 0.319 e. The number of primary amides is 1. The normalized spacial score (nSPS) is 25.1. The molecule has 0 spiro atoms. The zero-order valence-electron chi connectivity index (χ0n) is 11.7. The molecule has 0 radical (unpaired) electrons. The molecule has 1 aromatic rings. The van der Waals surface area contributed by atoms with Gasteiger partial charge in [-0.1, -0.05) is 25.0 Å². The lowest BCUT2D eigenvalue weighted by molar-refractivity contribution is 0.245. The number of nitrogens with zero attached hydrogens (tertiary/aromatic N) is 1. The van der Waals surface area contributed by atoms with E-state index in [0.29, 0.717) is 5.92 Å². The highest BCUT2D eigenvalue weighted by Gasteiger charge is 2.36. The van der Waals surface area contributed by atoms with E-state index in [0.717, 1.165) is 36.3 Å². The molecule has 0 saturated heterocycles. The van der Waals surface area contributed by atoms with Gasteiger partial charge in [-0.05, 0) is 31.1 Å². The molecule has 2 amide bonds. The predicted octanol–water partition coefficient (Wildman–Crippen LogP) is 3.13. The van der Waals surface area contributed by atoms with Crippen molar-refractivity contribution in [3.63, 3.8) is 0 Å². The van der Waals surface area contributed by atoms with Crippen LogP contribution >= 0.6 is 0 Å². The number of anilines is 1. The second kappa shape index (κ2) is 5.19. The largest absolute Gasteiger partial charge is 0.496 e. The summed E-state index contributed by atoms with van der Waals surface area (Å²) < 4.78 is 5.56. The third kappa shape index (κ3) is 2.05. The summed E-state index contributed by atoms with van der Waals surface area (Å²) in [4.78, 5) is 13.8. The SMILES string of the molecule is COC1=CC2CCCCC2N(C(N)=O)c2ccccc21. The molecule has 3 rings (SSSR count). The molecular formula is C16H20N2O2. The van der Waals surface area contributed by atoms with Crippen LogP contribution in [0.5, 0.6) is 0 Å². The maximum absolute atomic E-state index is 12.0. The first kappa shape index (κ1) is 13.0. The Kier molecular flexibility index (Phi) is 3.38.